The zero-order valence-electron chi connectivity index (χ0n) is 24.7. The average molecular weight is 670 g/mol. The van der Waals surface area contributed by atoms with E-state index in [0.717, 1.165) is 33.5 Å². The monoisotopic (exact) mass is 668 g/mol. The lowest BCUT2D eigenvalue weighted by Crippen LogP contribution is -2.28. The summed E-state index contributed by atoms with van der Waals surface area (Å²) < 4.78 is 15.3. The summed E-state index contributed by atoms with van der Waals surface area (Å²) in [5.74, 6) is 2.49. The lowest BCUT2D eigenvalue weighted by molar-refractivity contribution is 0.251. The van der Waals surface area contributed by atoms with Gasteiger partial charge in [0.25, 0.3) is 0 Å². The zero-order chi connectivity index (χ0) is 31.3. The number of nitrogens with one attached hydrogen (secondary N) is 3. The number of nitrogens with zero attached hydrogens (tertiary/aromatic N) is 7. The molecule has 0 fully saturated rings. The quantitative estimate of drug-likeness (QED) is 0.165. The number of pyridine rings is 2. The van der Waals surface area contributed by atoms with Crippen LogP contribution in [0.15, 0.2) is 84.2 Å². The van der Waals surface area contributed by atoms with E-state index in [0.29, 0.717) is 39.9 Å². The number of anilines is 2. The van der Waals surface area contributed by atoms with Crippen molar-refractivity contribution in [3.63, 3.8) is 0 Å². The van der Waals surface area contributed by atoms with Gasteiger partial charge in [-0.1, -0.05) is 6.07 Å². The Morgan fingerprint density at radius 3 is 2.69 bits per heavy atom. The number of hydrogen-bond donors (Lipinski definition) is 3. The number of carbonyl (C=O) groups excluding carboxylic acids is 1. The molecule has 45 heavy (non-hydrogen) atoms. The second-order valence-corrected chi connectivity index (χ2v) is 10.8. The minimum Gasteiger partial charge on any atom is -0.497 e. The van der Waals surface area contributed by atoms with Crippen molar-refractivity contribution in [3.05, 3.63) is 95.4 Å². The van der Waals surface area contributed by atoms with Crippen LogP contribution in [0.5, 0.6) is 11.5 Å². The van der Waals surface area contributed by atoms with Crippen molar-refractivity contribution in [1.29, 1.82) is 0 Å². The Morgan fingerprint density at radius 2 is 1.91 bits per heavy atom. The summed E-state index contributed by atoms with van der Waals surface area (Å²) in [5, 5.41) is 14.5. The van der Waals surface area contributed by atoms with Crippen LogP contribution in [0.3, 0.4) is 0 Å². The Hall–Kier alpha value is -5.50. The molecular formula is C31H29BrN10O3. The molecule has 3 N–H and O–H groups in total. The molecule has 6 aromatic rings. The van der Waals surface area contributed by atoms with Crippen molar-refractivity contribution in [2.24, 2.45) is 7.05 Å². The molecule has 14 heteroatoms. The normalized spacial score (nSPS) is 10.9. The standard InChI is InChI=1S/C31H29BrN10O3/c1-41-10-9-24(40-41)23-17-42(21-11-19(13-33-16-21)14-35-31(43)39-27-6-4-5-26(32)38-27)30-28(23)29(36-18-37-30)34-15-20-7-8-22(44-2)12-25(20)45-3/h4-13,16-18H,14-15H2,1-3H3,(H,34,36,37)(H2,35,38,39,43). The number of amides is 2. The fraction of sp³-hybridized carbons (Fsp3) is 0.161. The third-order valence-electron chi connectivity index (χ3n) is 6.98. The first-order valence-electron chi connectivity index (χ1n) is 13.8. The number of halogens is 1. The maximum Gasteiger partial charge on any atom is 0.320 e. The molecule has 6 rings (SSSR count). The largest absolute Gasteiger partial charge is 0.497 e. The lowest BCUT2D eigenvalue weighted by atomic mass is 10.1. The van der Waals surface area contributed by atoms with Crippen molar-refractivity contribution in [2.45, 2.75) is 13.1 Å². The molecule has 0 aliphatic heterocycles. The van der Waals surface area contributed by atoms with Crippen LogP contribution in [0.2, 0.25) is 0 Å². The molecule has 13 nitrogen and oxygen atoms in total. The van der Waals surface area contributed by atoms with Crippen molar-refractivity contribution < 1.29 is 14.3 Å². The molecule has 0 saturated heterocycles. The van der Waals surface area contributed by atoms with Gasteiger partial charge in [0.2, 0.25) is 0 Å². The summed E-state index contributed by atoms with van der Waals surface area (Å²) in [6.45, 7) is 0.699. The molecule has 2 amide bonds. The smallest absolute Gasteiger partial charge is 0.320 e. The number of benzene rings is 1. The van der Waals surface area contributed by atoms with Crippen molar-refractivity contribution in [2.75, 3.05) is 24.9 Å². The summed E-state index contributed by atoms with van der Waals surface area (Å²) in [5.41, 5.74) is 4.78. The number of carbonyl (C=O) groups is 1. The number of hydrogen-bond acceptors (Lipinski definition) is 9. The van der Waals surface area contributed by atoms with E-state index in [1.807, 2.05) is 54.3 Å². The molecule has 0 radical (unpaired) electrons. The minimum absolute atomic E-state index is 0.248. The SMILES string of the molecule is COc1ccc(CNc2ncnc3c2c(-c2ccn(C)n2)cn3-c2cncc(CNC(=O)Nc3cccc(Br)n3)c2)c(OC)c1. The predicted molar refractivity (Wildman–Crippen MR) is 174 cm³/mol. The van der Waals surface area contributed by atoms with Crippen molar-refractivity contribution >= 4 is 44.6 Å². The van der Waals surface area contributed by atoms with Crippen LogP contribution in [-0.2, 0) is 20.1 Å². The van der Waals surface area contributed by atoms with Crippen molar-refractivity contribution in [1.82, 2.24) is 39.6 Å². The first-order chi connectivity index (χ1) is 21.9. The topological polar surface area (TPSA) is 146 Å². The van der Waals surface area contributed by atoms with Crippen LogP contribution in [0.25, 0.3) is 28.0 Å². The number of methoxy groups -OCH3 is 2. The van der Waals surface area contributed by atoms with Gasteiger partial charge in [0.05, 0.1) is 37.2 Å². The van der Waals surface area contributed by atoms with E-state index in [-0.39, 0.29) is 12.6 Å². The van der Waals surface area contributed by atoms with Gasteiger partial charge in [-0.2, -0.15) is 5.10 Å². The Balaban J connectivity index is 1.30. The molecule has 0 atom stereocenters. The Kier molecular flexibility index (Phi) is 8.55. The van der Waals surface area contributed by atoms with Crippen LogP contribution in [0.1, 0.15) is 11.1 Å². The van der Waals surface area contributed by atoms with Crippen LogP contribution in [-0.4, -0.2) is 54.5 Å². The molecule has 5 aromatic heterocycles. The van der Waals surface area contributed by atoms with E-state index in [2.05, 4.69) is 56.9 Å². The maximum atomic E-state index is 12.5. The highest BCUT2D eigenvalue weighted by atomic mass is 79.9. The summed E-state index contributed by atoms with van der Waals surface area (Å²) in [7, 11) is 5.12. The number of rotatable bonds is 10. The third-order valence-corrected chi connectivity index (χ3v) is 7.42. The average Bonchev–Trinajstić information content (AvgIpc) is 3.67. The van der Waals surface area contributed by atoms with E-state index in [1.165, 1.54) is 6.33 Å². The number of urea groups is 1. The summed E-state index contributed by atoms with van der Waals surface area (Å²) in [6.07, 6.45) is 8.83. The van der Waals surface area contributed by atoms with Crippen LogP contribution >= 0.6 is 15.9 Å². The van der Waals surface area contributed by atoms with Gasteiger partial charge in [-0.15, -0.1) is 0 Å². The molecular weight excluding hydrogens is 640 g/mol. The van der Waals surface area contributed by atoms with Gasteiger partial charge in [-0.25, -0.2) is 19.7 Å². The number of fused-ring (bicyclic) bond motifs is 1. The summed E-state index contributed by atoms with van der Waals surface area (Å²) >= 11 is 3.31. The fourth-order valence-corrected chi connectivity index (χ4v) is 5.19. The first kappa shape index (κ1) is 29.6. The summed E-state index contributed by atoms with van der Waals surface area (Å²) in [4.78, 5) is 30.4. The van der Waals surface area contributed by atoms with Gasteiger partial charge in [0.15, 0.2) is 5.65 Å². The number of aryl methyl sites for hydroxylation is 1. The van der Waals surface area contributed by atoms with Crippen LogP contribution in [0, 0.1) is 0 Å². The molecule has 0 aliphatic carbocycles. The zero-order valence-corrected chi connectivity index (χ0v) is 26.2. The molecule has 228 valence electrons. The van der Waals surface area contributed by atoms with Gasteiger partial charge in [-0.3, -0.25) is 19.5 Å². The highest BCUT2D eigenvalue weighted by Gasteiger charge is 2.20. The van der Waals surface area contributed by atoms with Gasteiger partial charge < -0.3 is 20.1 Å². The molecule has 0 bridgehead atoms. The fourth-order valence-electron chi connectivity index (χ4n) is 4.85. The van der Waals surface area contributed by atoms with E-state index in [4.69, 9.17) is 9.47 Å². The molecule has 5 heterocycles. The van der Waals surface area contributed by atoms with Gasteiger partial charge in [-0.05, 0) is 57.9 Å². The lowest BCUT2D eigenvalue weighted by Gasteiger charge is -2.13. The molecule has 1 aromatic carbocycles. The third kappa shape index (κ3) is 6.55. The van der Waals surface area contributed by atoms with Crippen LogP contribution in [0.4, 0.5) is 16.4 Å². The number of ether oxygens (including phenoxy) is 2. The second kappa shape index (κ2) is 13.0. The Morgan fingerprint density at radius 1 is 1.02 bits per heavy atom. The van der Waals surface area contributed by atoms with E-state index in [1.54, 1.807) is 49.5 Å². The minimum atomic E-state index is -0.383. The predicted octanol–water partition coefficient (Wildman–Crippen LogP) is 5.32. The molecule has 0 saturated carbocycles. The number of aromatic nitrogens is 7. The molecule has 0 aliphatic rings. The van der Waals surface area contributed by atoms with E-state index < -0.39 is 0 Å². The first-order valence-corrected chi connectivity index (χ1v) is 14.6. The van der Waals surface area contributed by atoms with E-state index >= 15 is 0 Å². The van der Waals surface area contributed by atoms with E-state index in [9.17, 15) is 4.79 Å². The van der Waals surface area contributed by atoms with Crippen LogP contribution < -0.4 is 25.4 Å². The maximum absolute atomic E-state index is 12.5. The van der Waals surface area contributed by atoms with Gasteiger partial charge in [0.1, 0.15) is 34.1 Å². The summed E-state index contributed by atoms with van der Waals surface area (Å²) in [6, 6.07) is 14.5. The molecule has 0 unspecified atom stereocenters. The second-order valence-electron chi connectivity index (χ2n) is 9.94. The highest BCUT2D eigenvalue weighted by molar-refractivity contribution is 9.10. The Labute approximate surface area is 266 Å². The van der Waals surface area contributed by atoms with Crippen molar-refractivity contribution in [3.8, 4) is 28.4 Å². The molecule has 0 spiro atoms. The highest BCUT2D eigenvalue weighted by Crippen LogP contribution is 2.35. The van der Waals surface area contributed by atoms with Gasteiger partial charge in [0, 0.05) is 55.9 Å². The Bertz CT molecular complexity index is 1990. The van der Waals surface area contributed by atoms with Gasteiger partial charge >= 0.3 is 6.03 Å².